The maximum atomic E-state index is 12.4. The van der Waals surface area contributed by atoms with Gasteiger partial charge in [0, 0.05) is 23.4 Å². The molecule has 3 rings (SSSR count). The summed E-state index contributed by atoms with van der Waals surface area (Å²) in [5, 5.41) is 0.609. The summed E-state index contributed by atoms with van der Waals surface area (Å²) in [6.45, 7) is 2.08. The van der Waals surface area contributed by atoms with Crippen LogP contribution in [0.15, 0.2) is 44.3 Å². The maximum absolute atomic E-state index is 12.4. The minimum Gasteiger partial charge on any atom is -0.427 e. The third kappa shape index (κ3) is 2.03. The molecule has 0 bridgehead atoms. The maximum Gasteiger partial charge on any atom is 0.349 e. The summed E-state index contributed by atoms with van der Waals surface area (Å²) in [6, 6.07) is 8.93. The van der Waals surface area contributed by atoms with E-state index in [2.05, 4.69) is 11.9 Å². The van der Waals surface area contributed by atoms with E-state index in [9.17, 15) is 9.59 Å². The Bertz CT molecular complexity index is 889. The fraction of sp³-hybridized carbons (Fsp3) is 0.250. The van der Waals surface area contributed by atoms with Crippen molar-refractivity contribution in [1.82, 2.24) is 4.98 Å². The van der Waals surface area contributed by atoms with Gasteiger partial charge in [-0.2, -0.15) is 0 Å². The van der Waals surface area contributed by atoms with Gasteiger partial charge in [-0.3, -0.25) is 4.79 Å². The first kappa shape index (κ1) is 12.7. The number of hydrogen-bond acceptors (Lipinski definition) is 3. The fourth-order valence-electron chi connectivity index (χ4n) is 2.40. The second-order valence-electron chi connectivity index (χ2n) is 4.89. The minimum absolute atomic E-state index is 0.101. The molecule has 0 aliphatic carbocycles. The summed E-state index contributed by atoms with van der Waals surface area (Å²) < 4.78 is 5.25. The van der Waals surface area contributed by atoms with Crippen molar-refractivity contribution in [3.63, 3.8) is 0 Å². The lowest BCUT2D eigenvalue weighted by atomic mass is 10.1. The van der Waals surface area contributed by atoms with Crippen molar-refractivity contribution in [3.05, 3.63) is 56.7 Å². The van der Waals surface area contributed by atoms with Gasteiger partial charge in [0.1, 0.15) is 11.1 Å². The van der Waals surface area contributed by atoms with Gasteiger partial charge in [0.25, 0.3) is 0 Å². The molecule has 2 heterocycles. The number of hydrogen-bond donors (Lipinski definition) is 1. The normalized spacial score (nSPS) is 11.2. The molecule has 0 aliphatic heterocycles. The smallest absolute Gasteiger partial charge is 0.349 e. The number of aryl methyl sites for hydroxylation is 1. The van der Waals surface area contributed by atoms with Crippen LogP contribution in [-0.2, 0) is 6.42 Å². The van der Waals surface area contributed by atoms with Gasteiger partial charge >= 0.3 is 5.63 Å². The molecule has 0 amide bonds. The molecule has 102 valence electrons. The Hall–Kier alpha value is -2.36. The number of aromatic nitrogens is 1. The average molecular weight is 269 g/mol. The number of H-pyrrole nitrogens is 1. The number of aromatic amines is 1. The third-order valence-corrected chi connectivity index (χ3v) is 3.45. The highest BCUT2D eigenvalue weighted by molar-refractivity contribution is 5.91. The van der Waals surface area contributed by atoms with Crippen LogP contribution in [0, 0.1) is 0 Å². The molecule has 4 heteroatoms. The van der Waals surface area contributed by atoms with E-state index >= 15 is 0 Å². The molecule has 1 aromatic carbocycles. The van der Waals surface area contributed by atoms with Crippen LogP contribution in [0.2, 0.25) is 0 Å². The van der Waals surface area contributed by atoms with Gasteiger partial charge in [-0.1, -0.05) is 25.5 Å². The van der Waals surface area contributed by atoms with Gasteiger partial charge in [0.15, 0.2) is 0 Å². The van der Waals surface area contributed by atoms with Gasteiger partial charge < -0.3 is 9.40 Å². The Morgan fingerprint density at radius 2 is 1.95 bits per heavy atom. The number of unbranched alkanes of at least 4 members (excludes halogenated alkanes) is 1. The molecule has 0 spiro atoms. The largest absolute Gasteiger partial charge is 0.427 e. The van der Waals surface area contributed by atoms with E-state index in [0.29, 0.717) is 23.1 Å². The highest BCUT2D eigenvalue weighted by Gasteiger charge is 2.11. The van der Waals surface area contributed by atoms with Crippen molar-refractivity contribution in [1.29, 1.82) is 0 Å². The van der Waals surface area contributed by atoms with Crippen LogP contribution in [0.4, 0.5) is 0 Å². The lowest BCUT2D eigenvalue weighted by Gasteiger charge is -2.04. The van der Waals surface area contributed by atoms with Gasteiger partial charge in [0.05, 0.1) is 5.52 Å². The number of fused-ring (bicyclic) bond motifs is 2. The molecule has 0 saturated carbocycles. The van der Waals surface area contributed by atoms with Gasteiger partial charge in [-0.15, -0.1) is 0 Å². The molecule has 0 radical (unpaired) electrons. The molecule has 0 unspecified atom stereocenters. The van der Waals surface area contributed by atoms with Gasteiger partial charge in [-0.25, -0.2) is 4.79 Å². The number of rotatable bonds is 3. The van der Waals surface area contributed by atoms with Crippen molar-refractivity contribution < 1.29 is 4.42 Å². The molecule has 0 saturated heterocycles. The molecule has 1 N–H and O–H groups in total. The summed E-state index contributed by atoms with van der Waals surface area (Å²) in [7, 11) is 0. The van der Waals surface area contributed by atoms with Crippen molar-refractivity contribution in [3.8, 4) is 0 Å². The highest BCUT2D eigenvalue weighted by atomic mass is 16.4. The zero-order valence-corrected chi connectivity index (χ0v) is 11.2. The highest BCUT2D eigenvalue weighted by Crippen LogP contribution is 2.14. The van der Waals surface area contributed by atoms with Crippen LogP contribution in [0.5, 0.6) is 0 Å². The van der Waals surface area contributed by atoms with E-state index in [-0.39, 0.29) is 10.8 Å². The van der Waals surface area contributed by atoms with Crippen molar-refractivity contribution >= 4 is 21.8 Å². The van der Waals surface area contributed by atoms with Crippen molar-refractivity contribution in [2.24, 2.45) is 0 Å². The summed E-state index contributed by atoms with van der Waals surface area (Å²) >= 11 is 0. The van der Waals surface area contributed by atoms with E-state index in [0.717, 1.165) is 18.4 Å². The summed E-state index contributed by atoms with van der Waals surface area (Å²) in [5.41, 5.74) is 0.457. The van der Waals surface area contributed by atoms with E-state index in [1.165, 1.54) is 0 Å². The number of pyridine rings is 1. The zero-order chi connectivity index (χ0) is 14.1. The van der Waals surface area contributed by atoms with E-state index < -0.39 is 5.63 Å². The Labute approximate surface area is 115 Å². The predicted molar refractivity (Wildman–Crippen MR) is 79.2 cm³/mol. The lowest BCUT2D eigenvalue weighted by molar-refractivity contribution is 0.459. The number of para-hydroxylation sites is 1. The molecular formula is C16H15NO3. The van der Waals surface area contributed by atoms with Gasteiger partial charge in [0.2, 0.25) is 5.43 Å². The SMILES string of the molecule is CCCCc1cc2[nH]c3ccccc3c(=O)c2c(=O)o1. The predicted octanol–water partition coefficient (Wildman–Crippen LogP) is 2.98. The summed E-state index contributed by atoms with van der Waals surface area (Å²) in [6.07, 6.45) is 2.68. The van der Waals surface area contributed by atoms with Crippen LogP contribution in [0.3, 0.4) is 0 Å². The number of nitrogens with one attached hydrogen (secondary N) is 1. The zero-order valence-electron chi connectivity index (χ0n) is 11.2. The molecular weight excluding hydrogens is 254 g/mol. The fourth-order valence-corrected chi connectivity index (χ4v) is 2.40. The molecule has 20 heavy (non-hydrogen) atoms. The Kier molecular flexibility index (Phi) is 3.14. The van der Waals surface area contributed by atoms with E-state index in [1.54, 1.807) is 18.2 Å². The molecule has 0 aliphatic rings. The third-order valence-electron chi connectivity index (χ3n) is 3.45. The Morgan fingerprint density at radius 1 is 1.15 bits per heavy atom. The van der Waals surface area contributed by atoms with Crippen molar-refractivity contribution in [2.45, 2.75) is 26.2 Å². The van der Waals surface area contributed by atoms with Crippen LogP contribution in [0.1, 0.15) is 25.5 Å². The summed E-state index contributed by atoms with van der Waals surface area (Å²) in [5.74, 6) is 0.621. The molecule has 0 fully saturated rings. The van der Waals surface area contributed by atoms with Crippen LogP contribution >= 0.6 is 0 Å². The molecule has 0 atom stereocenters. The molecule has 2 aromatic heterocycles. The first-order valence-electron chi connectivity index (χ1n) is 6.78. The lowest BCUT2D eigenvalue weighted by Crippen LogP contribution is -2.15. The van der Waals surface area contributed by atoms with E-state index in [4.69, 9.17) is 4.42 Å². The van der Waals surface area contributed by atoms with Crippen LogP contribution in [0.25, 0.3) is 21.8 Å². The van der Waals surface area contributed by atoms with Gasteiger partial charge in [-0.05, 0) is 18.6 Å². The Balaban J connectivity index is 2.34. The first-order valence-corrected chi connectivity index (χ1v) is 6.78. The van der Waals surface area contributed by atoms with Crippen LogP contribution < -0.4 is 11.1 Å². The van der Waals surface area contributed by atoms with Crippen LogP contribution in [-0.4, -0.2) is 4.98 Å². The summed E-state index contributed by atoms with van der Waals surface area (Å²) in [4.78, 5) is 27.5. The minimum atomic E-state index is -0.555. The first-order chi connectivity index (χ1) is 9.70. The quantitative estimate of drug-likeness (QED) is 0.743. The van der Waals surface area contributed by atoms with Crippen molar-refractivity contribution in [2.75, 3.05) is 0 Å². The number of benzene rings is 1. The second-order valence-corrected chi connectivity index (χ2v) is 4.89. The topological polar surface area (TPSA) is 63.1 Å². The molecule has 4 nitrogen and oxygen atoms in total. The second kappa shape index (κ2) is 4.96. The Morgan fingerprint density at radius 3 is 2.75 bits per heavy atom. The average Bonchev–Trinajstić information content (AvgIpc) is 2.45. The molecule has 3 aromatic rings. The standard InChI is InChI=1S/C16H15NO3/c1-2-3-6-10-9-13-14(16(19)20-10)15(18)11-7-4-5-8-12(11)17-13/h4-5,7-9H,2-3,6H2,1H3,(H,17,18). The monoisotopic (exact) mass is 269 g/mol. The van der Waals surface area contributed by atoms with E-state index in [1.807, 2.05) is 12.1 Å².